The minimum Gasteiger partial charge on any atom is -0.493 e. The Morgan fingerprint density at radius 3 is 2.50 bits per heavy atom. The van der Waals surface area contributed by atoms with Gasteiger partial charge in [-0.2, -0.15) is 0 Å². The molecule has 0 saturated carbocycles. The quantitative estimate of drug-likeness (QED) is 0.572. The van der Waals surface area contributed by atoms with Gasteiger partial charge in [-0.3, -0.25) is 14.9 Å². The first-order valence-corrected chi connectivity index (χ1v) is 9.62. The van der Waals surface area contributed by atoms with Gasteiger partial charge < -0.3 is 9.47 Å². The third-order valence-corrected chi connectivity index (χ3v) is 4.85. The molecule has 1 heterocycles. The molecule has 0 radical (unpaired) electrons. The van der Waals surface area contributed by atoms with E-state index in [0.717, 1.165) is 4.90 Å². The Morgan fingerprint density at radius 2 is 1.83 bits per heavy atom. The number of imide groups is 2. The van der Waals surface area contributed by atoms with Gasteiger partial charge >= 0.3 is 6.03 Å². The number of barbiturate groups is 1. The molecule has 156 valence electrons. The van der Waals surface area contributed by atoms with Gasteiger partial charge in [-0.1, -0.05) is 23.7 Å². The summed E-state index contributed by atoms with van der Waals surface area (Å²) < 4.78 is 11.0. The van der Waals surface area contributed by atoms with Gasteiger partial charge in [0.2, 0.25) is 0 Å². The summed E-state index contributed by atoms with van der Waals surface area (Å²) in [7, 11) is 1.50. The zero-order valence-corrected chi connectivity index (χ0v) is 17.7. The molecule has 1 saturated heterocycles. The molecule has 0 spiro atoms. The number of hydrogen-bond donors (Lipinski definition) is 1. The van der Waals surface area contributed by atoms with E-state index < -0.39 is 17.8 Å². The average molecular weight is 429 g/mol. The van der Waals surface area contributed by atoms with Crippen LogP contribution in [0.3, 0.4) is 0 Å². The normalized spacial score (nSPS) is 15.6. The summed E-state index contributed by atoms with van der Waals surface area (Å²) in [5, 5.41) is 2.61. The molecule has 30 heavy (non-hydrogen) atoms. The fraction of sp³-hybridized carbons (Fsp3) is 0.227. The Morgan fingerprint density at radius 1 is 1.10 bits per heavy atom. The maximum absolute atomic E-state index is 13.1. The average Bonchev–Trinajstić information content (AvgIpc) is 2.68. The molecule has 8 heteroatoms. The number of methoxy groups -OCH3 is 1. The molecule has 4 amide bonds. The molecular formula is C22H21ClN2O5. The van der Waals surface area contributed by atoms with Gasteiger partial charge in [0.15, 0.2) is 11.5 Å². The van der Waals surface area contributed by atoms with Crippen LogP contribution < -0.4 is 19.7 Å². The molecule has 1 aliphatic heterocycles. The molecule has 0 aromatic heterocycles. The van der Waals surface area contributed by atoms with Crippen LogP contribution >= 0.6 is 11.6 Å². The molecular weight excluding hydrogens is 408 g/mol. The summed E-state index contributed by atoms with van der Waals surface area (Å²) in [6.07, 6.45) is 1.35. The molecule has 2 aromatic carbocycles. The van der Waals surface area contributed by atoms with Gasteiger partial charge in [0.05, 0.1) is 18.9 Å². The van der Waals surface area contributed by atoms with Crippen LogP contribution in [0.15, 0.2) is 42.0 Å². The van der Waals surface area contributed by atoms with Gasteiger partial charge in [0.25, 0.3) is 11.8 Å². The van der Waals surface area contributed by atoms with Crippen LogP contribution in [0.25, 0.3) is 6.08 Å². The summed E-state index contributed by atoms with van der Waals surface area (Å²) in [6, 6.07) is 9.08. The van der Waals surface area contributed by atoms with Gasteiger partial charge in [0, 0.05) is 5.02 Å². The molecule has 1 fully saturated rings. The lowest BCUT2D eigenvalue weighted by Gasteiger charge is -2.27. The monoisotopic (exact) mass is 428 g/mol. The van der Waals surface area contributed by atoms with E-state index in [0.29, 0.717) is 33.3 Å². The molecule has 0 bridgehead atoms. The largest absolute Gasteiger partial charge is 0.493 e. The van der Waals surface area contributed by atoms with Crippen LogP contribution in [-0.4, -0.2) is 31.1 Å². The second kappa shape index (κ2) is 8.59. The number of benzene rings is 2. The number of anilines is 1. The summed E-state index contributed by atoms with van der Waals surface area (Å²) in [4.78, 5) is 38.7. The summed E-state index contributed by atoms with van der Waals surface area (Å²) in [6.45, 7) is 5.48. The Hall–Kier alpha value is -3.32. The van der Waals surface area contributed by atoms with Crippen molar-refractivity contribution in [1.82, 2.24) is 5.32 Å². The third-order valence-electron chi connectivity index (χ3n) is 4.44. The zero-order valence-electron chi connectivity index (χ0n) is 17.0. The van der Waals surface area contributed by atoms with Crippen molar-refractivity contribution in [3.63, 3.8) is 0 Å². The SMILES string of the molecule is COc1cc(/C=C2\C(=O)NC(=O)N(c3cccc(Cl)c3C)C2=O)ccc1OC(C)C. The number of nitrogens with one attached hydrogen (secondary N) is 1. The highest BCUT2D eigenvalue weighted by Crippen LogP contribution is 2.32. The standard InChI is InChI=1S/C22H21ClN2O5/c1-12(2)30-18-9-8-14(11-19(18)29-4)10-15-20(26)24-22(28)25(21(15)27)17-7-5-6-16(23)13(17)3/h5-12H,1-4H3,(H,24,26,28)/b15-10+. The fourth-order valence-electron chi connectivity index (χ4n) is 3.01. The number of hydrogen-bond acceptors (Lipinski definition) is 5. The van der Waals surface area contributed by atoms with Crippen molar-refractivity contribution in [2.45, 2.75) is 26.9 Å². The third kappa shape index (κ3) is 4.16. The Bertz CT molecular complexity index is 1060. The maximum atomic E-state index is 13.1. The molecule has 1 aliphatic rings. The van der Waals surface area contributed by atoms with Crippen molar-refractivity contribution in [3.8, 4) is 11.5 Å². The van der Waals surface area contributed by atoms with Crippen LogP contribution in [-0.2, 0) is 9.59 Å². The molecule has 3 rings (SSSR count). The first kappa shape index (κ1) is 21.4. The zero-order chi connectivity index (χ0) is 22.0. The lowest BCUT2D eigenvalue weighted by molar-refractivity contribution is -0.122. The van der Waals surface area contributed by atoms with E-state index in [1.807, 2.05) is 13.8 Å². The van der Waals surface area contributed by atoms with Crippen molar-refractivity contribution in [2.24, 2.45) is 0 Å². The molecule has 2 aromatic rings. The molecule has 1 N–H and O–H groups in total. The topological polar surface area (TPSA) is 84.9 Å². The smallest absolute Gasteiger partial charge is 0.335 e. The molecule has 7 nitrogen and oxygen atoms in total. The Kier molecular flexibility index (Phi) is 6.12. The Balaban J connectivity index is 2.01. The predicted molar refractivity (Wildman–Crippen MR) is 114 cm³/mol. The van der Waals surface area contributed by atoms with E-state index in [9.17, 15) is 14.4 Å². The minimum absolute atomic E-state index is 0.0469. The number of nitrogens with zero attached hydrogens (tertiary/aromatic N) is 1. The van der Waals surface area contributed by atoms with Crippen molar-refractivity contribution in [2.75, 3.05) is 12.0 Å². The summed E-state index contributed by atoms with van der Waals surface area (Å²) in [5.41, 5.74) is 1.21. The second-order valence-corrected chi connectivity index (χ2v) is 7.33. The van der Waals surface area contributed by atoms with E-state index in [2.05, 4.69) is 5.32 Å². The number of carbonyl (C=O) groups excluding carboxylic acids is 3. The number of rotatable bonds is 5. The summed E-state index contributed by atoms with van der Waals surface area (Å²) >= 11 is 6.13. The van der Waals surface area contributed by atoms with Gasteiger partial charge in [-0.25, -0.2) is 9.69 Å². The molecule has 0 atom stereocenters. The van der Waals surface area contributed by atoms with Crippen molar-refractivity contribution >= 4 is 41.2 Å². The van der Waals surface area contributed by atoms with Crippen LogP contribution in [0.5, 0.6) is 11.5 Å². The number of halogens is 1. The van der Waals surface area contributed by atoms with Gasteiger partial charge in [-0.15, -0.1) is 0 Å². The van der Waals surface area contributed by atoms with Crippen LogP contribution in [0.4, 0.5) is 10.5 Å². The second-order valence-electron chi connectivity index (χ2n) is 6.92. The molecule has 0 unspecified atom stereocenters. The van der Waals surface area contributed by atoms with E-state index >= 15 is 0 Å². The first-order chi connectivity index (χ1) is 14.2. The van der Waals surface area contributed by atoms with E-state index in [1.165, 1.54) is 13.2 Å². The Labute approximate surface area is 179 Å². The van der Waals surface area contributed by atoms with Crippen LogP contribution in [0, 0.1) is 6.92 Å². The predicted octanol–water partition coefficient (Wildman–Crippen LogP) is 4.11. The van der Waals surface area contributed by atoms with Gasteiger partial charge in [-0.05, 0) is 62.2 Å². The fourth-order valence-corrected chi connectivity index (χ4v) is 3.18. The highest BCUT2D eigenvalue weighted by Gasteiger charge is 2.37. The number of urea groups is 1. The van der Waals surface area contributed by atoms with Crippen molar-refractivity contribution in [3.05, 3.63) is 58.1 Å². The van der Waals surface area contributed by atoms with E-state index in [1.54, 1.807) is 43.3 Å². The summed E-state index contributed by atoms with van der Waals surface area (Å²) in [5.74, 6) is -0.515. The van der Waals surface area contributed by atoms with Crippen molar-refractivity contribution < 1.29 is 23.9 Å². The van der Waals surface area contributed by atoms with E-state index in [-0.39, 0.29) is 11.7 Å². The highest BCUT2D eigenvalue weighted by atomic mass is 35.5. The lowest BCUT2D eigenvalue weighted by Crippen LogP contribution is -2.54. The highest BCUT2D eigenvalue weighted by molar-refractivity contribution is 6.39. The van der Waals surface area contributed by atoms with Crippen molar-refractivity contribution in [1.29, 1.82) is 0 Å². The van der Waals surface area contributed by atoms with Crippen LogP contribution in [0.1, 0.15) is 25.0 Å². The minimum atomic E-state index is -0.828. The number of amides is 4. The van der Waals surface area contributed by atoms with Gasteiger partial charge in [0.1, 0.15) is 5.57 Å². The lowest BCUT2D eigenvalue weighted by atomic mass is 10.1. The number of carbonyl (C=O) groups is 3. The maximum Gasteiger partial charge on any atom is 0.335 e. The van der Waals surface area contributed by atoms with Crippen LogP contribution in [0.2, 0.25) is 5.02 Å². The first-order valence-electron chi connectivity index (χ1n) is 9.24. The molecule has 0 aliphatic carbocycles. The van der Waals surface area contributed by atoms with E-state index in [4.69, 9.17) is 21.1 Å². The number of ether oxygens (including phenoxy) is 2.